The average molecular weight is 1410 g/mol. The van der Waals surface area contributed by atoms with Gasteiger partial charge >= 0.3 is 6.18 Å². The number of nitrogens with one attached hydrogen (secondary N) is 3. The number of carbonyl (C=O) groups excluding carboxylic acids is 12. The first kappa shape index (κ1) is 80.1. The highest BCUT2D eigenvalue weighted by molar-refractivity contribution is 6.31. The summed E-state index contributed by atoms with van der Waals surface area (Å²) in [5, 5.41) is 8.03. The molecule has 1 saturated carbocycles. The number of likely N-dealkylation sites (tertiary alicyclic amines) is 1. The van der Waals surface area contributed by atoms with Crippen molar-refractivity contribution in [3.63, 3.8) is 0 Å². The van der Waals surface area contributed by atoms with Gasteiger partial charge in [-0.05, 0) is 118 Å². The molecule has 0 aromatic heterocycles. The topological polar surface area (TPSA) is 270 Å². The molecule has 6 rings (SSSR count). The van der Waals surface area contributed by atoms with E-state index in [1.165, 1.54) is 75.0 Å². The van der Waals surface area contributed by atoms with E-state index in [4.69, 9.17) is 11.6 Å². The molecule has 4 aliphatic rings. The lowest BCUT2D eigenvalue weighted by molar-refractivity contribution is -0.156. The third-order valence-electron chi connectivity index (χ3n) is 20.3. The summed E-state index contributed by atoms with van der Waals surface area (Å²) in [6, 6.07) is 1.20. The Morgan fingerprint density at radius 2 is 1.27 bits per heavy atom. The number of benzene rings is 2. The largest absolute Gasteiger partial charge is 0.417 e. The number of nitrogens with zero attached hydrogens (tertiary/aromatic N) is 9. The van der Waals surface area contributed by atoms with Gasteiger partial charge in [0.15, 0.2) is 0 Å². The van der Waals surface area contributed by atoms with Crippen LogP contribution < -0.4 is 16.0 Å². The zero-order chi connectivity index (χ0) is 73.7. The smallest absolute Gasteiger partial charge is 0.343 e. The van der Waals surface area contributed by atoms with Crippen molar-refractivity contribution in [2.24, 2.45) is 17.8 Å². The second-order valence-corrected chi connectivity index (χ2v) is 28.8. The van der Waals surface area contributed by atoms with Gasteiger partial charge in [0.2, 0.25) is 70.9 Å². The minimum atomic E-state index is -4.77. The summed E-state index contributed by atoms with van der Waals surface area (Å²) in [4.78, 5) is 189. The molecule has 1 unspecified atom stereocenters. The molecule has 1 spiro atoms. The molecule has 8 atom stereocenters. The second-order valence-electron chi connectivity index (χ2n) is 28.4. The molecular weight excluding hydrogens is 1310 g/mol. The van der Waals surface area contributed by atoms with E-state index in [0.29, 0.717) is 57.2 Å². The summed E-state index contributed by atoms with van der Waals surface area (Å²) in [7, 11) is 9.68. The number of rotatable bonds is 11. The molecule has 3 saturated heterocycles. The van der Waals surface area contributed by atoms with E-state index < -0.39 is 173 Å². The molecule has 2 aromatic carbocycles. The van der Waals surface area contributed by atoms with Gasteiger partial charge in [0.1, 0.15) is 47.8 Å². The number of halogens is 4. The predicted molar refractivity (Wildman–Crippen MR) is 366 cm³/mol. The van der Waals surface area contributed by atoms with Crippen LogP contribution in [0.4, 0.5) is 13.2 Å². The van der Waals surface area contributed by atoms with E-state index in [-0.39, 0.29) is 63.0 Å². The maximum Gasteiger partial charge on any atom is 0.417 e. The number of amides is 12. The van der Waals surface area contributed by atoms with E-state index in [0.717, 1.165) is 43.7 Å². The molecule has 12 amide bonds. The standard InChI is InChI=1S/C71H104ClF3N12O12/c1-15-45(6)60-67(97)81(10)41-58(90)79(8)42-59(91)83(12)54(38-48-25-18-17-24-46(48)7)65(95)80(9)40-56(88)76-51(30-28-47-27-29-49(50(72)37-47)71(73,74)75)64(94)87-35-23-26-52(87)63(93)78-70(31-19-20-32-70)69(99)85(14)61(44(4)5)68(98)84(13)55(66(96)86-33-21-16-22-34-86)39-57(89)82(11)53(36-43(2)3)62(92)77-60/h17-18,24-25,27,29,37,43-45,51-55,60-61H,15-16,19-23,26,28,30-36,38-42H2,1-14H3,(H,76,88)(H,77,92)(H,78,93)/t45-,51-,52?,53-,54-,55-,60-,61-/m0/s1. The number of carbonyl (C=O) groups is 12. The van der Waals surface area contributed by atoms with Crippen molar-refractivity contribution in [2.75, 3.05) is 88.6 Å². The van der Waals surface area contributed by atoms with E-state index in [1.54, 1.807) is 43.9 Å². The Labute approximate surface area is 585 Å². The second kappa shape index (κ2) is 35.0. The number of hydrogen-bond acceptors (Lipinski definition) is 12. The first-order valence-electron chi connectivity index (χ1n) is 34.6. The van der Waals surface area contributed by atoms with Crippen LogP contribution in [0, 0.1) is 24.7 Å². The molecule has 2 aromatic rings. The molecule has 3 aliphatic heterocycles. The lowest BCUT2D eigenvalue weighted by Crippen LogP contribution is -2.65. The molecular formula is C71H104ClF3N12O12. The molecule has 4 fully saturated rings. The van der Waals surface area contributed by atoms with Crippen molar-refractivity contribution in [3.8, 4) is 0 Å². The molecule has 3 N–H and O–H groups in total. The molecule has 24 nitrogen and oxygen atoms in total. The van der Waals surface area contributed by atoms with Crippen molar-refractivity contribution in [1.29, 1.82) is 0 Å². The number of fused-ring (bicyclic) bond motifs is 1. The predicted octanol–water partition coefficient (Wildman–Crippen LogP) is 5.08. The van der Waals surface area contributed by atoms with Crippen LogP contribution >= 0.6 is 11.6 Å². The van der Waals surface area contributed by atoms with Crippen molar-refractivity contribution in [2.45, 2.75) is 199 Å². The van der Waals surface area contributed by atoms with Crippen LogP contribution in [0.15, 0.2) is 42.5 Å². The van der Waals surface area contributed by atoms with Crippen LogP contribution in [0.25, 0.3) is 0 Å². The van der Waals surface area contributed by atoms with Gasteiger partial charge < -0.3 is 60.0 Å². The number of aryl methyl sites for hydroxylation is 2. The van der Waals surface area contributed by atoms with Crippen LogP contribution in [0.2, 0.25) is 5.02 Å². The number of hydrogen-bond donors (Lipinski definition) is 3. The fourth-order valence-electron chi connectivity index (χ4n) is 13.9. The maximum absolute atomic E-state index is 15.4. The van der Waals surface area contributed by atoms with Crippen molar-refractivity contribution >= 4 is 82.5 Å². The first-order valence-corrected chi connectivity index (χ1v) is 35.0. The van der Waals surface area contributed by atoms with Crippen LogP contribution in [0.3, 0.4) is 0 Å². The Hall–Kier alpha value is -7.84. The van der Waals surface area contributed by atoms with Gasteiger partial charge in [0, 0.05) is 75.4 Å². The Kier molecular flexibility index (Phi) is 28.3. The van der Waals surface area contributed by atoms with Gasteiger partial charge in [0.05, 0.1) is 36.6 Å². The lowest BCUT2D eigenvalue weighted by atomic mass is 9.91. The Morgan fingerprint density at radius 3 is 1.87 bits per heavy atom. The fourth-order valence-corrected chi connectivity index (χ4v) is 14.2. The Morgan fingerprint density at radius 1 is 0.657 bits per heavy atom. The van der Waals surface area contributed by atoms with E-state index >= 15 is 19.2 Å². The number of likely N-dealkylation sites (N-methyl/N-ethyl adjacent to an activating group) is 7. The van der Waals surface area contributed by atoms with Gasteiger partial charge in [-0.15, -0.1) is 0 Å². The summed E-state index contributed by atoms with van der Waals surface area (Å²) in [5.41, 5.74) is -0.944. The van der Waals surface area contributed by atoms with Crippen LogP contribution in [0.5, 0.6) is 0 Å². The van der Waals surface area contributed by atoms with Crippen LogP contribution in [-0.4, -0.2) is 251 Å². The SMILES string of the molecule is CC[C@H](C)[C@@H]1NC(=O)[C@H](CC(C)C)N(C)C(=O)C[C@@H](C(=O)N2CCCCC2)N(C)C(=O)[C@H](C(C)C)N(C)C(=O)C2(CCCC2)NC(=O)C2CCCN2C(=O)[C@H](CCc2ccc(C(F)(F)F)c(Cl)c2)NC(=O)CN(C)C(=O)[C@H](Cc2ccccc2C)N(C)C(=O)CN(C)C(=O)CN(C)C1=O. The lowest BCUT2D eigenvalue weighted by Gasteiger charge is -2.42. The van der Waals surface area contributed by atoms with Crippen molar-refractivity contribution in [1.82, 2.24) is 60.0 Å². The molecule has 0 radical (unpaired) electrons. The first-order chi connectivity index (χ1) is 46.4. The highest BCUT2D eigenvalue weighted by Gasteiger charge is 2.51. The third-order valence-corrected chi connectivity index (χ3v) is 20.6. The molecule has 548 valence electrons. The van der Waals surface area contributed by atoms with Crippen LogP contribution in [-0.2, 0) is 76.6 Å². The van der Waals surface area contributed by atoms with Gasteiger partial charge in [-0.2, -0.15) is 13.2 Å². The summed E-state index contributed by atoms with van der Waals surface area (Å²) in [5.74, 6) is -9.52. The average Bonchev–Trinajstić information content (AvgIpc) is 1.71. The van der Waals surface area contributed by atoms with E-state index in [1.807, 2.05) is 33.8 Å². The van der Waals surface area contributed by atoms with E-state index in [2.05, 4.69) is 16.0 Å². The maximum atomic E-state index is 15.4. The molecule has 1 aliphatic carbocycles. The van der Waals surface area contributed by atoms with Gasteiger partial charge in [-0.1, -0.05) is 103 Å². The van der Waals surface area contributed by atoms with Gasteiger partial charge in [0.25, 0.3) is 0 Å². The Balaban J connectivity index is 1.43. The molecule has 99 heavy (non-hydrogen) atoms. The summed E-state index contributed by atoms with van der Waals surface area (Å²) in [6.07, 6.45) is -1.30. The third kappa shape index (κ3) is 20.0. The molecule has 28 heteroatoms. The monoisotopic (exact) mass is 1410 g/mol. The normalized spacial score (nSPS) is 24.9. The minimum Gasteiger partial charge on any atom is -0.343 e. The number of piperidine rings is 1. The highest BCUT2D eigenvalue weighted by Crippen LogP contribution is 2.37. The minimum absolute atomic E-state index is 0.0152. The molecule has 3 heterocycles. The van der Waals surface area contributed by atoms with Crippen molar-refractivity contribution < 1.29 is 70.7 Å². The molecule has 0 bridgehead atoms. The highest BCUT2D eigenvalue weighted by atomic mass is 35.5. The van der Waals surface area contributed by atoms with Gasteiger partial charge in [-0.3, -0.25) is 57.5 Å². The van der Waals surface area contributed by atoms with Crippen molar-refractivity contribution in [3.05, 3.63) is 69.7 Å². The number of alkyl halides is 3. The van der Waals surface area contributed by atoms with Gasteiger partial charge in [-0.25, -0.2) is 0 Å². The zero-order valence-electron chi connectivity index (χ0n) is 60.1. The summed E-state index contributed by atoms with van der Waals surface area (Å²) < 4.78 is 41.5. The fraction of sp³-hybridized carbons (Fsp3) is 0.662. The van der Waals surface area contributed by atoms with E-state index in [9.17, 15) is 51.5 Å². The summed E-state index contributed by atoms with van der Waals surface area (Å²) in [6.45, 7) is 11.5. The summed E-state index contributed by atoms with van der Waals surface area (Å²) >= 11 is 6.14. The Bertz CT molecular complexity index is 3290. The quantitative estimate of drug-likeness (QED) is 0.266. The zero-order valence-corrected chi connectivity index (χ0v) is 60.9. The van der Waals surface area contributed by atoms with Crippen LogP contribution in [0.1, 0.15) is 147 Å².